The predicted octanol–water partition coefficient (Wildman–Crippen LogP) is 3.36. The third kappa shape index (κ3) is 2.63. The fraction of sp³-hybridized carbons (Fsp3) is 0.381. The van der Waals surface area contributed by atoms with Crippen molar-refractivity contribution in [2.24, 2.45) is 11.5 Å². The van der Waals surface area contributed by atoms with E-state index in [-0.39, 0.29) is 11.9 Å². The summed E-state index contributed by atoms with van der Waals surface area (Å²) in [6.07, 6.45) is 2.59. The Bertz CT molecular complexity index is 736. The van der Waals surface area contributed by atoms with Gasteiger partial charge in [0.1, 0.15) is 5.84 Å². The molecule has 0 saturated heterocycles. The maximum Gasteiger partial charge on any atom is 0.106 e. The molecule has 0 fully saturated rings. The summed E-state index contributed by atoms with van der Waals surface area (Å²) in [5.41, 5.74) is 19.2. The van der Waals surface area contributed by atoms with Gasteiger partial charge in [-0.15, -0.1) is 0 Å². The standard InChI is InChI=1S/C21H27N3/c1-13-4-8-18-16(10-13)6-7-17-11-14(2)5-9-19(17)21(18,20(23)24)12-15(3)22/h4-5,8-11,15H,6-7,12,22H2,1-3H3,(H3,23,24)/t15-/m1/s1. The molecule has 0 bridgehead atoms. The van der Waals surface area contributed by atoms with Crippen LogP contribution in [0.3, 0.4) is 0 Å². The molecule has 1 aliphatic rings. The minimum absolute atomic E-state index is 0.0460. The van der Waals surface area contributed by atoms with Crippen LogP contribution >= 0.6 is 0 Å². The van der Waals surface area contributed by atoms with E-state index in [2.05, 4.69) is 50.2 Å². The van der Waals surface area contributed by atoms with E-state index in [0.717, 1.165) is 24.0 Å². The van der Waals surface area contributed by atoms with Crippen LogP contribution in [-0.4, -0.2) is 11.9 Å². The summed E-state index contributed by atoms with van der Waals surface area (Å²) in [7, 11) is 0. The molecule has 3 rings (SSSR count). The number of nitrogens with one attached hydrogen (secondary N) is 1. The minimum atomic E-state index is -0.628. The molecule has 126 valence electrons. The first-order valence-corrected chi connectivity index (χ1v) is 8.64. The average Bonchev–Trinajstić information content (AvgIpc) is 2.62. The molecule has 0 spiro atoms. The van der Waals surface area contributed by atoms with E-state index >= 15 is 0 Å². The highest BCUT2D eigenvalue weighted by atomic mass is 14.8. The highest BCUT2D eigenvalue weighted by Gasteiger charge is 2.42. The summed E-state index contributed by atoms with van der Waals surface area (Å²) in [6, 6.07) is 13.0. The van der Waals surface area contributed by atoms with Gasteiger partial charge >= 0.3 is 0 Å². The Balaban J connectivity index is 2.37. The first kappa shape index (κ1) is 16.7. The lowest BCUT2D eigenvalue weighted by Gasteiger charge is -2.37. The van der Waals surface area contributed by atoms with Gasteiger partial charge in [0.25, 0.3) is 0 Å². The maximum atomic E-state index is 8.52. The van der Waals surface area contributed by atoms with E-state index in [1.165, 1.54) is 22.3 Å². The number of nitrogens with two attached hydrogens (primary N) is 2. The van der Waals surface area contributed by atoms with Gasteiger partial charge < -0.3 is 11.5 Å². The Morgan fingerprint density at radius 2 is 1.50 bits per heavy atom. The van der Waals surface area contributed by atoms with E-state index in [1.807, 2.05) is 6.92 Å². The van der Waals surface area contributed by atoms with E-state index < -0.39 is 5.41 Å². The number of benzene rings is 2. The van der Waals surface area contributed by atoms with Crippen LogP contribution in [0.25, 0.3) is 0 Å². The zero-order valence-electron chi connectivity index (χ0n) is 14.8. The predicted molar refractivity (Wildman–Crippen MR) is 101 cm³/mol. The van der Waals surface area contributed by atoms with Gasteiger partial charge in [0.15, 0.2) is 0 Å². The van der Waals surface area contributed by atoms with Crippen molar-refractivity contribution in [3.8, 4) is 0 Å². The van der Waals surface area contributed by atoms with Crippen LogP contribution in [0.1, 0.15) is 46.7 Å². The fourth-order valence-corrected chi connectivity index (χ4v) is 4.21. The molecular formula is C21H27N3. The Morgan fingerprint density at radius 1 is 1.04 bits per heavy atom. The van der Waals surface area contributed by atoms with Crippen LogP contribution in [0, 0.1) is 19.3 Å². The van der Waals surface area contributed by atoms with Gasteiger partial charge in [-0.2, -0.15) is 0 Å². The van der Waals surface area contributed by atoms with Crippen molar-refractivity contribution in [1.82, 2.24) is 0 Å². The van der Waals surface area contributed by atoms with Gasteiger partial charge in [-0.3, -0.25) is 5.41 Å². The molecule has 2 aromatic carbocycles. The van der Waals surface area contributed by atoms with E-state index in [1.54, 1.807) is 0 Å². The number of aryl methyl sites for hydroxylation is 4. The van der Waals surface area contributed by atoms with Crippen molar-refractivity contribution >= 4 is 5.84 Å². The van der Waals surface area contributed by atoms with Gasteiger partial charge in [-0.1, -0.05) is 47.5 Å². The van der Waals surface area contributed by atoms with Crippen LogP contribution < -0.4 is 11.5 Å². The average molecular weight is 321 g/mol. The molecule has 0 aromatic heterocycles. The molecule has 0 amide bonds. The number of hydrogen-bond acceptors (Lipinski definition) is 2. The number of amidine groups is 1. The van der Waals surface area contributed by atoms with Gasteiger partial charge in [0.05, 0.1) is 5.41 Å². The summed E-state index contributed by atoms with van der Waals surface area (Å²) in [6.45, 7) is 6.23. The van der Waals surface area contributed by atoms with Crippen LogP contribution in [0.15, 0.2) is 36.4 Å². The first-order chi connectivity index (χ1) is 11.3. The van der Waals surface area contributed by atoms with Crippen LogP contribution in [-0.2, 0) is 18.3 Å². The van der Waals surface area contributed by atoms with Crippen molar-refractivity contribution < 1.29 is 0 Å². The molecule has 0 unspecified atom stereocenters. The van der Waals surface area contributed by atoms with Gasteiger partial charge in [0.2, 0.25) is 0 Å². The molecule has 2 aromatic rings. The zero-order chi connectivity index (χ0) is 17.5. The highest BCUT2D eigenvalue weighted by Crippen LogP contribution is 2.43. The number of fused-ring (bicyclic) bond motifs is 2. The molecule has 3 heteroatoms. The fourth-order valence-electron chi connectivity index (χ4n) is 4.21. The molecule has 1 aliphatic carbocycles. The molecule has 3 nitrogen and oxygen atoms in total. The lowest BCUT2D eigenvalue weighted by Crippen LogP contribution is -2.46. The number of hydrogen-bond donors (Lipinski definition) is 3. The Hall–Kier alpha value is -2.13. The van der Waals surface area contributed by atoms with Crippen molar-refractivity contribution in [1.29, 1.82) is 5.41 Å². The molecule has 1 atom stereocenters. The second-order valence-electron chi connectivity index (χ2n) is 7.32. The SMILES string of the molecule is Cc1ccc2c(c1)CCc1cc(C)ccc1C2(C[C@@H](C)N)C(=N)N. The van der Waals surface area contributed by atoms with Gasteiger partial charge in [-0.25, -0.2) is 0 Å². The second-order valence-corrected chi connectivity index (χ2v) is 7.32. The number of rotatable bonds is 3. The topological polar surface area (TPSA) is 75.9 Å². The van der Waals surface area contributed by atoms with Gasteiger partial charge in [0, 0.05) is 6.04 Å². The van der Waals surface area contributed by atoms with E-state index in [4.69, 9.17) is 16.9 Å². The van der Waals surface area contributed by atoms with Crippen LogP contribution in [0.2, 0.25) is 0 Å². The third-order valence-corrected chi connectivity index (χ3v) is 5.19. The van der Waals surface area contributed by atoms with E-state index in [9.17, 15) is 0 Å². The van der Waals surface area contributed by atoms with Gasteiger partial charge in [-0.05, 0) is 62.3 Å². The van der Waals surface area contributed by atoms with Crippen LogP contribution in [0.5, 0.6) is 0 Å². The smallest absolute Gasteiger partial charge is 0.106 e. The van der Waals surface area contributed by atoms with Crippen LogP contribution in [0.4, 0.5) is 0 Å². The Kier molecular flexibility index (Phi) is 4.22. The summed E-state index contributed by atoms with van der Waals surface area (Å²) in [5, 5.41) is 8.52. The first-order valence-electron chi connectivity index (χ1n) is 8.64. The highest BCUT2D eigenvalue weighted by molar-refractivity contribution is 5.94. The monoisotopic (exact) mass is 321 g/mol. The molecule has 24 heavy (non-hydrogen) atoms. The Labute approximate surface area is 144 Å². The van der Waals surface area contributed by atoms with E-state index in [0.29, 0.717) is 6.42 Å². The summed E-state index contributed by atoms with van der Waals surface area (Å²) in [5.74, 6) is 0.192. The summed E-state index contributed by atoms with van der Waals surface area (Å²) in [4.78, 5) is 0. The Morgan fingerprint density at radius 3 is 1.88 bits per heavy atom. The molecule has 5 N–H and O–H groups in total. The van der Waals surface area contributed by atoms with Crippen molar-refractivity contribution in [3.63, 3.8) is 0 Å². The zero-order valence-corrected chi connectivity index (χ0v) is 14.8. The summed E-state index contributed by atoms with van der Waals surface area (Å²) >= 11 is 0. The molecular weight excluding hydrogens is 294 g/mol. The van der Waals surface area contributed by atoms with Crippen molar-refractivity contribution in [3.05, 3.63) is 69.8 Å². The molecule has 0 aliphatic heterocycles. The second kappa shape index (κ2) is 6.06. The molecule has 0 heterocycles. The maximum absolute atomic E-state index is 8.52. The summed E-state index contributed by atoms with van der Waals surface area (Å²) < 4.78 is 0. The normalized spacial score (nSPS) is 16.7. The quantitative estimate of drug-likeness (QED) is 0.599. The largest absolute Gasteiger partial charge is 0.387 e. The lowest BCUT2D eigenvalue weighted by molar-refractivity contribution is 0.534. The third-order valence-electron chi connectivity index (χ3n) is 5.19. The lowest BCUT2D eigenvalue weighted by atomic mass is 9.67. The molecule has 0 radical (unpaired) electrons. The van der Waals surface area contributed by atoms with Crippen molar-refractivity contribution in [2.75, 3.05) is 0 Å². The minimum Gasteiger partial charge on any atom is -0.387 e. The molecule has 0 saturated carbocycles. The van der Waals surface area contributed by atoms with Crippen molar-refractivity contribution in [2.45, 2.75) is 51.5 Å².